The van der Waals surface area contributed by atoms with Crippen LogP contribution in [0.2, 0.25) is 0 Å². The van der Waals surface area contributed by atoms with E-state index in [9.17, 15) is 9.18 Å². The molecule has 0 unspecified atom stereocenters. The van der Waals surface area contributed by atoms with E-state index >= 15 is 0 Å². The average molecular weight is 384 g/mol. The van der Waals surface area contributed by atoms with Gasteiger partial charge >= 0.3 is 0 Å². The Morgan fingerprint density at radius 1 is 1.26 bits per heavy atom. The lowest BCUT2D eigenvalue weighted by molar-refractivity contribution is -0.120. The van der Waals surface area contributed by atoms with Gasteiger partial charge in [0.1, 0.15) is 18.2 Å². The first kappa shape index (κ1) is 18.5. The van der Waals surface area contributed by atoms with Crippen LogP contribution in [0, 0.1) is 5.82 Å². The molecule has 0 bridgehead atoms. The van der Waals surface area contributed by atoms with Crippen LogP contribution < -0.4 is 15.9 Å². The Kier molecular flexibility index (Phi) is 6.11. The summed E-state index contributed by atoms with van der Waals surface area (Å²) in [6, 6.07) is 13.6. The molecule has 2 aromatic carbocycles. The summed E-state index contributed by atoms with van der Waals surface area (Å²) in [5.41, 5.74) is 9.69. The van der Waals surface area contributed by atoms with Gasteiger partial charge in [0.2, 0.25) is 5.91 Å². The van der Waals surface area contributed by atoms with Gasteiger partial charge in [-0.1, -0.05) is 30.3 Å². The summed E-state index contributed by atoms with van der Waals surface area (Å²) in [4.78, 5) is 15.9. The third-order valence-corrected chi connectivity index (χ3v) is 4.29. The second-order valence-corrected chi connectivity index (χ2v) is 6.45. The summed E-state index contributed by atoms with van der Waals surface area (Å²) in [5.74, 6) is -0.0917. The van der Waals surface area contributed by atoms with E-state index in [-0.39, 0.29) is 24.8 Å². The molecular weight excluding hydrogens is 367 g/mol. The van der Waals surface area contributed by atoms with E-state index in [4.69, 9.17) is 10.5 Å². The van der Waals surface area contributed by atoms with Crippen LogP contribution >= 0.6 is 11.3 Å². The van der Waals surface area contributed by atoms with Gasteiger partial charge < -0.3 is 10.5 Å². The second-order valence-electron chi connectivity index (χ2n) is 5.56. The second kappa shape index (κ2) is 8.91. The molecule has 0 saturated heterocycles. The highest BCUT2D eigenvalue weighted by Crippen LogP contribution is 2.18. The zero-order valence-corrected chi connectivity index (χ0v) is 15.1. The lowest BCUT2D eigenvalue weighted by Gasteiger charge is -2.09. The SMILES string of the molecule is Nc1nc(CC(=O)N/N=C/c2ccccc2OCc2ccccc2F)cs1. The molecule has 0 fully saturated rings. The van der Waals surface area contributed by atoms with E-state index in [1.54, 1.807) is 41.8 Å². The van der Waals surface area contributed by atoms with Crippen LogP contribution in [0.3, 0.4) is 0 Å². The van der Waals surface area contributed by atoms with Gasteiger partial charge in [0.05, 0.1) is 18.3 Å². The lowest BCUT2D eigenvalue weighted by Crippen LogP contribution is -2.20. The van der Waals surface area contributed by atoms with Gasteiger partial charge in [0, 0.05) is 16.5 Å². The number of nitrogens with zero attached hydrogens (tertiary/aromatic N) is 2. The van der Waals surface area contributed by atoms with Crippen LogP contribution in [0.5, 0.6) is 5.75 Å². The van der Waals surface area contributed by atoms with Crippen LogP contribution in [0.1, 0.15) is 16.8 Å². The highest BCUT2D eigenvalue weighted by molar-refractivity contribution is 7.13. The van der Waals surface area contributed by atoms with Crippen molar-refractivity contribution >= 4 is 28.6 Å². The number of hydrogen-bond acceptors (Lipinski definition) is 6. The molecule has 1 aromatic heterocycles. The van der Waals surface area contributed by atoms with Crippen LogP contribution in [0.25, 0.3) is 0 Å². The average Bonchev–Trinajstić information content (AvgIpc) is 3.06. The number of nitrogen functional groups attached to an aromatic ring is 1. The van der Waals surface area contributed by atoms with Crippen molar-refractivity contribution in [2.24, 2.45) is 5.10 Å². The quantitative estimate of drug-likeness (QED) is 0.484. The van der Waals surface area contributed by atoms with Gasteiger partial charge in [0.15, 0.2) is 5.13 Å². The normalized spacial score (nSPS) is 10.9. The molecule has 0 spiro atoms. The van der Waals surface area contributed by atoms with E-state index in [1.165, 1.54) is 23.6 Å². The molecule has 1 heterocycles. The first-order valence-electron chi connectivity index (χ1n) is 8.09. The van der Waals surface area contributed by atoms with Gasteiger partial charge in [-0.3, -0.25) is 4.79 Å². The Bertz CT molecular complexity index is 958. The third kappa shape index (κ3) is 5.35. The summed E-state index contributed by atoms with van der Waals surface area (Å²) in [7, 11) is 0. The standard InChI is InChI=1S/C19H17FN4O2S/c20-16-7-3-1-6-14(16)11-26-17-8-4-2-5-13(17)10-22-24-18(25)9-15-12-27-19(21)23-15/h1-8,10,12H,9,11H2,(H2,21,23)(H,24,25)/b22-10+. The molecule has 0 radical (unpaired) electrons. The number of halogens is 1. The fourth-order valence-electron chi connectivity index (χ4n) is 2.27. The number of thiazole rings is 1. The first-order chi connectivity index (χ1) is 13.1. The number of ether oxygens (including phenoxy) is 1. The van der Waals surface area contributed by atoms with E-state index in [0.29, 0.717) is 27.7 Å². The molecule has 6 nitrogen and oxygen atoms in total. The molecular formula is C19H17FN4O2S. The molecule has 0 aliphatic rings. The molecule has 3 aromatic rings. The number of benzene rings is 2. The number of hydrazone groups is 1. The van der Waals surface area contributed by atoms with Gasteiger partial charge in [-0.05, 0) is 18.2 Å². The van der Waals surface area contributed by atoms with Gasteiger partial charge in [-0.2, -0.15) is 5.10 Å². The summed E-state index contributed by atoms with van der Waals surface area (Å²) >= 11 is 1.28. The number of para-hydroxylation sites is 1. The van der Waals surface area contributed by atoms with Crippen LogP contribution in [-0.2, 0) is 17.8 Å². The number of nitrogens with one attached hydrogen (secondary N) is 1. The van der Waals surface area contributed by atoms with Crippen LogP contribution in [-0.4, -0.2) is 17.1 Å². The highest BCUT2D eigenvalue weighted by Gasteiger charge is 2.07. The number of aromatic nitrogens is 1. The molecule has 0 aliphatic heterocycles. The lowest BCUT2D eigenvalue weighted by atomic mass is 10.2. The zero-order valence-electron chi connectivity index (χ0n) is 14.3. The molecule has 0 saturated carbocycles. The predicted octanol–water partition coefficient (Wildman–Crippen LogP) is 3.14. The minimum absolute atomic E-state index is 0.0924. The molecule has 27 heavy (non-hydrogen) atoms. The fraction of sp³-hybridized carbons (Fsp3) is 0.105. The maximum atomic E-state index is 13.7. The van der Waals surface area contributed by atoms with Crippen molar-refractivity contribution in [1.29, 1.82) is 0 Å². The minimum Gasteiger partial charge on any atom is -0.488 e. The smallest absolute Gasteiger partial charge is 0.246 e. The molecule has 0 aliphatic carbocycles. The summed E-state index contributed by atoms with van der Waals surface area (Å²) in [6.45, 7) is 0.0924. The Labute approximate surface area is 159 Å². The number of carbonyl (C=O) groups is 1. The van der Waals surface area contributed by atoms with Crippen molar-refractivity contribution in [2.75, 3.05) is 5.73 Å². The van der Waals surface area contributed by atoms with Crippen molar-refractivity contribution in [1.82, 2.24) is 10.4 Å². The number of carbonyl (C=O) groups excluding carboxylic acids is 1. The summed E-state index contributed by atoms with van der Waals surface area (Å²) < 4.78 is 19.4. The van der Waals surface area contributed by atoms with Crippen molar-refractivity contribution in [3.05, 3.63) is 76.5 Å². The van der Waals surface area contributed by atoms with E-state index in [0.717, 1.165) is 0 Å². The van der Waals surface area contributed by atoms with Crippen LogP contribution in [0.15, 0.2) is 59.0 Å². The van der Waals surface area contributed by atoms with Crippen molar-refractivity contribution in [3.8, 4) is 5.75 Å². The topological polar surface area (TPSA) is 89.6 Å². The Hall–Kier alpha value is -3.26. The highest BCUT2D eigenvalue weighted by atomic mass is 32.1. The predicted molar refractivity (Wildman–Crippen MR) is 103 cm³/mol. The number of nitrogens with two attached hydrogens (primary N) is 1. The molecule has 3 rings (SSSR count). The molecule has 138 valence electrons. The largest absolute Gasteiger partial charge is 0.488 e. The van der Waals surface area contributed by atoms with Crippen LogP contribution in [0.4, 0.5) is 9.52 Å². The first-order valence-corrected chi connectivity index (χ1v) is 8.97. The Morgan fingerprint density at radius 3 is 2.81 bits per heavy atom. The van der Waals surface area contributed by atoms with Crippen molar-refractivity contribution < 1.29 is 13.9 Å². The van der Waals surface area contributed by atoms with Gasteiger partial charge in [-0.15, -0.1) is 11.3 Å². The third-order valence-electron chi connectivity index (χ3n) is 3.56. The molecule has 8 heteroatoms. The monoisotopic (exact) mass is 384 g/mol. The maximum Gasteiger partial charge on any atom is 0.246 e. The van der Waals surface area contributed by atoms with Crippen molar-refractivity contribution in [3.63, 3.8) is 0 Å². The number of amides is 1. The summed E-state index contributed by atoms with van der Waals surface area (Å²) in [6.07, 6.45) is 1.57. The Morgan fingerprint density at radius 2 is 2.04 bits per heavy atom. The number of anilines is 1. The molecule has 0 atom stereocenters. The molecule has 1 amide bonds. The summed E-state index contributed by atoms with van der Waals surface area (Å²) in [5, 5.41) is 6.09. The number of rotatable bonds is 7. The van der Waals surface area contributed by atoms with Gasteiger partial charge in [-0.25, -0.2) is 14.8 Å². The zero-order chi connectivity index (χ0) is 19.1. The van der Waals surface area contributed by atoms with E-state index in [2.05, 4.69) is 15.5 Å². The fourth-order valence-corrected chi connectivity index (χ4v) is 2.83. The minimum atomic E-state index is -0.321. The maximum absolute atomic E-state index is 13.7. The van der Waals surface area contributed by atoms with E-state index < -0.39 is 0 Å². The van der Waals surface area contributed by atoms with E-state index in [1.807, 2.05) is 6.07 Å². The van der Waals surface area contributed by atoms with Gasteiger partial charge in [0.25, 0.3) is 0 Å². The number of hydrogen-bond donors (Lipinski definition) is 2. The Balaban J connectivity index is 1.59. The van der Waals surface area contributed by atoms with Crippen molar-refractivity contribution in [2.45, 2.75) is 13.0 Å². The molecule has 3 N–H and O–H groups in total.